The summed E-state index contributed by atoms with van der Waals surface area (Å²) in [5.41, 5.74) is 1.15. The van der Waals surface area contributed by atoms with Gasteiger partial charge in [-0.05, 0) is 30.3 Å². The van der Waals surface area contributed by atoms with Crippen molar-refractivity contribution in [1.82, 2.24) is 0 Å². The molecule has 0 aliphatic carbocycles. The Kier molecular flexibility index (Phi) is 5.94. The number of methoxy groups -OCH3 is 3. The molecule has 28 heavy (non-hydrogen) atoms. The van der Waals surface area contributed by atoms with E-state index in [0.717, 1.165) is 0 Å². The summed E-state index contributed by atoms with van der Waals surface area (Å²) < 4.78 is 15.7. The van der Waals surface area contributed by atoms with Crippen LogP contribution in [0.4, 0.5) is 11.4 Å². The molecule has 8 heteroatoms. The van der Waals surface area contributed by atoms with Crippen LogP contribution in [-0.4, -0.2) is 39.7 Å². The highest BCUT2D eigenvalue weighted by Crippen LogP contribution is 2.40. The first-order chi connectivity index (χ1) is 13.5. The van der Waals surface area contributed by atoms with Gasteiger partial charge in [0.25, 0.3) is 0 Å². The molecule has 0 unspecified atom stereocenters. The van der Waals surface area contributed by atoms with Crippen LogP contribution >= 0.6 is 11.6 Å². The highest BCUT2D eigenvalue weighted by molar-refractivity contribution is 6.32. The van der Waals surface area contributed by atoms with Gasteiger partial charge in [-0.1, -0.05) is 11.6 Å². The number of hydrogen-bond donors (Lipinski definition) is 1. The Hall–Kier alpha value is -2.93. The van der Waals surface area contributed by atoms with Crippen LogP contribution in [0, 0.1) is 5.92 Å². The van der Waals surface area contributed by atoms with Crippen molar-refractivity contribution in [3.63, 3.8) is 0 Å². The Balaban J connectivity index is 1.76. The van der Waals surface area contributed by atoms with E-state index in [4.69, 9.17) is 25.8 Å². The second kappa shape index (κ2) is 8.39. The van der Waals surface area contributed by atoms with Crippen molar-refractivity contribution in [2.45, 2.75) is 6.42 Å². The second-order valence-corrected chi connectivity index (χ2v) is 6.69. The molecule has 1 aliphatic rings. The molecule has 0 bridgehead atoms. The van der Waals surface area contributed by atoms with Gasteiger partial charge in [0, 0.05) is 24.7 Å². The van der Waals surface area contributed by atoms with Gasteiger partial charge >= 0.3 is 0 Å². The number of carbonyl (C=O) groups is 2. The Morgan fingerprint density at radius 2 is 1.75 bits per heavy atom. The van der Waals surface area contributed by atoms with Crippen LogP contribution in [0.5, 0.6) is 17.2 Å². The van der Waals surface area contributed by atoms with Crippen LogP contribution in [0.25, 0.3) is 0 Å². The Morgan fingerprint density at radius 3 is 2.36 bits per heavy atom. The zero-order valence-corrected chi connectivity index (χ0v) is 16.6. The summed E-state index contributed by atoms with van der Waals surface area (Å²) in [6.45, 7) is 0.236. The Morgan fingerprint density at radius 1 is 1.07 bits per heavy atom. The van der Waals surface area contributed by atoms with Crippen LogP contribution in [0.3, 0.4) is 0 Å². The number of anilines is 2. The van der Waals surface area contributed by atoms with E-state index in [9.17, 15) is 9.59 Å². The Labute approximate surface area is 168 Å². The van der Waals surface area contributed by atoms with Crippen molar-refractivity contribution in [3.05, 3.63) is 41.4 Å². The summed E-state index contributed by atoms with van der Waals surface area (Å²) in [6.07, 6.45) is 0.106. The van der Waals surface area contributed by atoms with E-state index in [2.05, 4.69) is 5.32 Å². The average Bonchev–Trinajstić information content (AvgIpc) is 3.10. The summed E-state index contributed by atoms with van der Waals surface area (Å²) in [7, 11) is 4.58. The van der Waals surface area contributed by atoms with Crippen molar-refractivity contribution in [2.24, 2.45) is 5.92 Å². The Bertz CT molecular complexity index is 885. The third-order valence-corrected chi connectivity index (χ3v) is 4.89. The predicted octanol–water partition coefficient (Wildman–Crippen LogP) is 3.36. The lowest BCUT2D eigenvalue weighted by atomic mass is 10.1. The fourth-order valence-corrected chi connectivity index (χ4v) is 3.32. The molecule has 7 nitrogen and oxygen atoms in total. The molecule has 1 aliphatic heterocycles. The summed E-state index contributed by atoms with van der Waals surface area (Å²) in [4.78, 5) is 26.7. The van der Waals surface area contributed by atoms with Gasteiger partial charge in [0.2, 0.25) is 11.8 Å². The van der Waals surface area contributed by atoms with Crippen molar-refractivity contribution in [2.75, 3.05) is 38.1 Å². The fourth-order valence-electron chi connectivity index (χ4n) is 3.09. The highest BCUT2D eigenvalue weighted by Gasteiger charge is 2.36. The standard InChI is InChI=1S/C20H21ClN2O5/c1-26-14-6-4-13(5-7-14)22-20(25)12-8-19(24)23(11-12)16-9-15(21)17(27-2)10-18(16)28-3/h4-7,9-10,12H,8,11H2,1-3H3,(H,22,25)/t12-/m0/s1. The van der Waals surface area contributed by atoms with E-state index in [1.807, 2.05) is 0 Å². The smallest absolute Gasteiger partial charge is 0.229 e. The number of nitrogens with one attached hydrogen (secondary N) is 1. The third kappa shape index (κ3) is 3.99. The number of rotatable bonds is 6. The van der Waals surface area contributed by atoms with Crippen LogP contribution in [0.1, 0.15) is 6.42 Å². The molecule has 3 rings (SSSR count). The van der Waals surface area contributed by atoms with Crippen molar-refractivity contribution in [1.29, 1.82) is 0 Å². The van der Waals surface area contributed by atoms with Crippen molar-refractivity contribution in [3.8, 4) is 17.2 Å². The molecule has 0 saturated carbocycles. The van der Waals surface area contributed by atoms with Gasteiger partial charge in [0.05, 0.1) is 38.0 Å². The minimum Gasteiger partial charge on any atom is -0.497 e. The second-order valence-electron chi connectivity index (χ2n) is 6.28. The van der Waals surface area contributed by atoms with E-state index >= 15 is 0 Å². The maximum absolute atomic E-state index is 12.6. The summed E-state index contributed by atoms with van der Waals surface area (Å²) >= 11 is 6.21. The molecule has 1 atom stereocenters. The first-order valence-electron chi connectivity index (χ1n) is 8.63. The lowest BCUT2D eigenvalue weighted by Crippen LogP contribution is -2.28. The number of benzene rings is 2. The highest BCUT2D eigenvalue weighted by atomic mass is 35.5. The summed E-state index contributed by atoms with van der Waals surface area (Å²) in [6, 6.07) is 10.2. The maximum atomic E-state index is 12.6. The minimum atomic E-state index is -0.486. The largest absolute Gasteiger partial charge is 0.497 e. The predicted molar refractivity (Wildman–Crippen MR) is 107 cm³/mol. The third-order valence-electron chi connectivity index (χ3n) is 4.60. The van der Waals surface area contributed by atoms with Gasteiger partial charge in [0.1, 0.15) is 17.2 Å². The molecule has 0 spiro atoms. The quantitative estimate of drug-likeness (QED) is 0.798. The van der Waals surface area contributed by atoms with E-state index in [-0.39, 0.29) is 24.8 Å². The molecular weight excluding hydrogens is 384 g/mol. The molecular formula is C20H21ClN2O5. The fraction of sp³-hybridized carbons (Fsp3) is 0.300. The van der Waals surface area contributed by atoms with Crippen LogP contribution in [-0.2, 0) is 9.59 Å². The number of nitrogens with zero attached hydrogens (tertiary/aromatic N) is 1. The minimum absolute atomic E-state index is 0.106. The van der Waals surface area contributed by atoms with Crippen LogP contribution in [0.15, 0.2) is 36.4 Å². The molecule has 2 aromatic carbocycles. The van der Waals surface area contributed by atoms with Gasteiger partial charge in [-0.25, -0.2) is 0 Å². The molecule has 0 radical (unpaired) electrons. The zero-order chi connectivity index (χ0) is 20.3. The maximum Gasteiger partial charge on any atom is 0.229 e. The summed E-state index contributed by atoms with van der Waals surface area (Å²) in [5, 5.41) is 3.19. The van der Waals surface area contributed by atoms with Crippen molar-refractivity contribution < 1.29 is 23.8 Å². The molecule has 2 aromatic rings. The van der Waals surface area contributed by atoms with E-state index < -0.39 is 5.92 Å². The average molecular weight is 405 g/mol. The lowest BCUT2D eigenvalue weighted by molar-refractivity contribution is -0.122. The molecule has 1 N–H and O–H groups in total. The zero-order valence-electron chi connectivity index (χ0n) is 15.8. The first kappa shape index (κ1) is 19.8. The summed E-state index contributed by atoms with van der Waals surface area (Å²) in [5.74, 6) is 0.714. The molecule has 148 valence electrons. The van der Waals surface area contributed by atoms with Gasteiger partial charge in [-0.3, -0.25) is 9.59 Å². The number of carbonyl (C=O) groups excluding carboxylic acids is 2. The number of hydrogen-bond acceptors (Lipinski definition) is 5. The monoisotopic (exact) mass is 404 g/mol. The van der Waals surface area contributed by atoms with Crippen molar-refractivity contribution >= 4 is 34.8 Å². The number of halogens is 1. The normalized spacial score (nSPS) is 16.1. The lowest BCUT2D eigenvalue weighted by Gasteiger charge is -2.21. The first-order valence-corrected chi connectivity index (χ1v) is 9.01. The van der Waals surface area contributed by atoms with Crippen LogP contribution < -0.4 is 24.4 Å². The molecule has 1 saturated heterocycles. The van der Waals surface area contributed by atoms with Gasteiger partial charge in [-0.15, -0.1) is 0 Å². The molecule has 1 heterocycles. The van der Waals surface area contributed by atoms with E-state index in [1.165, 1.54) is 19.1 Å². The van der Waals surface area contributed by atoms with Crippen LogP contribution in [0.2, 0.25) is 5.02 Å². The molecule has 0 aromatic heterocycles. The van der Waals surface area contributed by atoms with Gasteiger partial charge in [-0.2, -0.15) is 0 Å². The van der Waals surface area contributed by atoms with E-state index in [1.54, 1.807) is 43.5 Å². The topological polar surface area (TPSA) is 77.1 Å². The van der Waals surface area contributed by atoms with E-state index in [0.29, 0.717) is 33.6 Å². The number of ether oxygens (including phenoxy) is 3. The SMILES string of the molecule is COc1ccc(NC(=O)[C@H]2CC(=O)N(c3cc(Cl)c(OC)cc3OC)C2)cc1. The molecule has 2 amide bonds. The van der Waals surface area contributed by atoms with Gasteiger partial charge < -0.3 is 24.4 Å². The molecule has 1 fully saturated rings. The number of amides is 2. The van der Waals surface area contributed by atoms with Gasteiger partial charge in [0.15, 0.2) is 0 Å².